The van der Waals surface area contributed by atoms with Crippen molar-refractivity contribution in [2.24, 2.45) is 0 Å². The lowest BCUT2D eigenvalue weighted by Crippen LogP contribution is -2.47. The van der Waals surface area contributed by atoms with Gasteiger partial charge in [0.1, 0.15) is 0 Å². The van der Waals surface area contributed by atoms with Crippen molar-refractivity contribution in [3.05, 3.63) is 42.0 Å². The van der Waals surface area contributed by atoms with Gasteiger partial charge in [0, 0.05) is 25.7 Å². The summed E-state index contributed by atoms with van der Waals surface area (Å²) in [6.07, 6.45) is 4.39. The third-order valence-corrected chi connectivity index (χ3v) is 2.39. The highest BCUT2D eigenvalue weighted by atomic mass is 15.0. The maximum Gasteiger partial charge on any atom is 0.0379 e. The molecule has 0 bridgehead atoms. The van der Waals surface area contributed by atoms with Crippen LogP contribution in [0.5, 0.6) is 0 Å². The van der Waals surface area contributed by atoms with Crippen LogP contribution in [0.1, 0.15) is 5.56 Å². The molecule has 0 spiro atoms. The predicted molar refractivity (Wildman–Crippen MR) is 60.1 cm³/mol. The van der Waals surface area contributed by atoms with Gasteiger partial charge in [0.05, 0.1) is 0 Å². The van der Waals surface area contributed by atoms with E-state index in [1.807, 2.05) is 6.07 Å². The van der Waals surface area contributed by atoms with Crippen molar-refractivity contribution in [2.45, 2.75) is 6.04 Å². The average Bonchev–Trinajstić information content (AvgIpc) is 2.29. The van der Waals surface area contributed by atoms with Crippen LogP contribution in [0.3, 0.4) is 0 Å². The first-order valence-electron chi connectivity index (χ1n) is 5.12. The Hall–Kier alpha value is -1.12. The van der Waals surface area contributed by atoms with Gasteiger partial charge in [-0.3, -0.25) is 0 Å². The molecule has 1 aromatic rings. The lowest BCUT2D eigenvalue weighted by molar-refractivity contribution is 0.472. The Morgan fingerprint density at radius 3 is 2.71 bits per heavy atom. The van der Waals surface area contributed by atoms with Gasteiger partial charge in [-0.2, -0.15) is 0 Å². The first kappa shape index (κ1) is 9.44. The van der Waals surface area contributed by atoms with Crippen molar-refractivity contribution < 1.29 is 0 Å². The number of hydrogen-bond donors (Lipinski definition) is 2. The van der Waals surface area contributed by atoms with Crippen LogP contribution < -0.4 is 10.6 Å². The zero-order valence-electron chi connectivity index (χ0n) is 8.24. The number of nitrogens with one attached hydrogen (secondary N) is 2. The first-order chi connectivity index (χ1) is 6.95. The molecule has 2 N–H and O–H groups in total. The second kappa shape index (κ2) is 4.94. The predicted octanol–water partition coefficient (Wildman–Crippen LogP) is 1.26. The van der Waals surface area contributed by atoms with E-state index >= 15 is 0 Å². The molecule has 2 rings (SSSR count). The van der Waals surface area contributed by atoms with Crippen LogP contribution in [0, 0.1) is 0 Å². The van der Waals surface area contributed by atoms with Crippen molar-refractivity contribution in [2.75, 3.05) is 19.6 Å². The Morgan fingerprint density at radius 2 is 2.00 bits per heavy atom. The van der Waals surface area contributed by atoms with E-state index in [-0.39, 0.29) is 0 Å². The third-order valence-electron chi connectivity index (χ3n) is 2.39. The third kappa shape index (κ3) is 2.69. The number of benzene rings is 1. The van der Waals surface area contributed by atoms with E-state index in [2.05, 4.69) is 47.1 Å². The SMILES string of the molecule is C(=CC1CNCCN1)c1ccccc1. The van der Waals surface area contributed by atoms with Crippen molar-refractivity contribution in [3.63, 3.8) is 0 Å². The lowest BCUT2D eigenvalue weighted by Gasteiger charge is -2.21. The van der Waals surface area contributed by atoms with Gasteiger partial charge in [0.15, 0.2) is 0 Å². The van der Waals surface area contributed by atoms with Crippen molar-refractivity contribution in [3.8, 4) is 0 Å². The van der Waals surface area contributed by atoms with E-state index in [0.29, 0.717) is 6.04 Å². The maximum atomic E-state index is 3.44. The summed E-state index contributed by atoms with van der Waals surface area (Å²) in [5, 5.41) is 6.80. The Labute approximate surface area is 85.0 Å². The van der Waals surface area contributed by atoms with Crippen molar-refractivity contribution in [1.82, 2.24) is 10.6 Å². The zero-order chi connectivity index (χ0) is 9.64. The second-order valence-corrected chi connectivity index (χ2v) is 3.53. The fourth-order valence-corrected chi connectivity index (χ4v) is 1.60. The molecule has 1 heterocycles. The minimum atomic E-state index is 0.476. The fourth-order valence-electron chi connectivity index (χ4n) is 1.60. The summed E-state index contributed by atoms with van der Waals surface area (Å²) >= 11 is 0. The van der Waals surface area contributed by atoms with Crippen molar-refractivity contribution >= 4 is 6.08 Å². The highest BCUT2D eigenvalue weighted by molar-refractivity contribution is 5.49. The second-order valence-electron chi connectivity index (χ2n) is 3.53. The van der Waals surface area contributed by atoms with Crippen LogP contribution in [0.25, 0.3) is 6.08 Å². The molecule has 0 aromatic heterocycles. The number of rotatable bonds is 2. The van der Waals surface area contributed by atoms with Gasteiger partial charge in [-0.1, -0.05) is 42.5 Å². The van der Waals surface area contributed by atoms with Gasteiger partial charge in [-0.15, -0.1) is 0 Å². The Kier molecular flexibility index (Phi) is 3.33. The summed E-state index contributed by atoms with van der Waals surface area (Å²) in [7, 11) is 0. The molecule has 74 valence electrons. The van der Waals surface area contributed by atoms with E-state index in [1.165, 1.54) is 5.56 Å². The van der Waals surface area contributed by atoms with Gasteiger partial charge < -0.3 is 10.6 Å². The summed E-state index contributed by atoms with van der Waals surface area (Å²) in [5.74, 6) is 0. The molecule has 1 unspecified atom stereocenters. The van der Waals surface area contributed by atoms with Crippen LogP contribution in [-0.4, -0.2) is 25.7 Å². The maximum absolute atomic E-state index is 3.44. The largest absolute Gasteiger partial charge is 0.314 e. The van der Waals surface area contributed by atoms with Crippen LogP contribution >= 0.6 is 0 Å². The molecule has 1 aliphatic rings. The topological polar surface area (TPSA) is 24.1 Å². The summed E-state index contributed by atoms with van der Waals surface area (Å²) in [4.78, 5) is 0. The Bertz CT molecular complexity index is 286. The molecule has 1 saturated heterocycles. The standard InChI is InChI=1S/C12H16N2/c1-2-4-11(5-3-1)6-7-12-10-13-8-9-14-12/h1-7,12-14H,8-10H2. The molecule has 2 nitrogen and oxygen atoms in total. The number of hydrogen-bond acceptors (Lipinski definition) is 2. The van der Waals surface area contributed by atoms with Crippen LogP contribution in [0.4, 0.5) is 0 Å². The summed E-state index contributed by atoms with van der Waals surface area (Å²) in [6, 6.07) is 10.9. The molecule has 1 fully saturated rings. The minimum absolute atomic E-state index is 0.476. The summed E-state index contributed by atoms with van der Waals surface area (Å²) < 4.78 is 0. The van der Waals surface area contributed by atoms with E-state index in [0.717, 1.165) is 19.6 Å². The highest BCUT2D eigenvalue weighted by Crippen LogP contribution is 2.02. The van der Waals surface area contributed by atoms with E-state index < -0.39 is 0 Å². The Balaban J connectivity index is 1.93. The van der Waals surface area contributed by atoms with Gasteiger partial charge in [0.25, 0.3) is 0 Å². The summed E-state index contributed by atoms with van der Waals surface area (Å²) in [6.45, 7) is 3.17. The molecule has 14 heavy (non-hydrogen) atoms. The minimum Gasteiger partial charge on any atom is -0.314 e. The first-order valence-corrected chi connectivity index (χ1v) is 5.12. The van der Waals surface area contributed by atoms with Crippen LogP contribution in [0.2, 0.25) is 0 Å². The molecule has 1 aromatic carbocycles. The van der Waals surface area contributed by atoms with E-state index in [4.69, 9.17) is 0 Å². The molecule has 1 atom stereocenters. The van der Waals surface area contributed by atoms with Gasteiger partial charge >= 0.3 is 0 Å². The zero-order valence-corrected chi connectivity index (χ0v) is 8.24. The summed E-state index contributed by atoms with van der Waals surface area (Å²) in [5.41, 5.74) is 1.26. The molecule has 2 heteroatoms. The van der Waals surface area contributed by atoms with Crippen LogP contribution in [-0.2, 0) is 0 Å². The van der Waals surface area contributed by atoms with E-state index in [1.54, 1.807) is 0 Å². The fraction of sp³-hybridized carbons (Fsp3) is 0.333. The molecule has 0 radical (unpaired) electrons. The Morgan fingerprint density at radius 1 is 1.14 bits per heavy atom. The molecule has 1 aliphatic heterocycles. The normalized spacial score (nSPS) is 22.7. The van der Waals surface area contributed by atoms with Gasteiger partial charge in [-0.25, -0.2) is 0 Å². The van der Waals surface area contributed by atoms with Gasteiger partial charge in [-0.05, 0) is 5.56 Å². The number of piperazine rings is 1. The molecule has 0 saturated carbocycles. The average molecular weight is 188 g/mol. The van der Waals surface area contributed by atoms with Crippen LogP contribution in [0.15, 0.2) is 36.4 Å². The molecule has 0 amide bonds. The van der Waals surface area contributed by atoms with Gasteiger partial charge in [0.2, 0.25) is 0 Å². The molecular formula is C12H16N2. The monoisotopic (exact) mass is 188 g/mol. The van der Waals surface area contributed by atoms with E-state index in [9.17, 15) is 0 Å². The highest BCUT2D eigenvalue weighted by Gasteiger charge is 2.06. The molecule has 0 aliphatic carbocycles. The van der Waals surface area contributed by atoms with Crippen molar-refractivity contribution in [1.29, 1.82) is 0 Å². The lowest BCUT2D eigenvalue weighted by atomic mass is 10.1. The molecular weight excluding hydrogens is 172 g/mol. The smallest absolute Gasteiger partial charge is 0.0379 e. The quantitative estimate of drug-likeness (QED) is 0.730.